The fourth-order valence-electron chi connectivity index (χ4n) is 2.85. The van der Waals surface area contributed by atoms with Crippen LogP contribution in [0.1, 0.15) is 18.7 Å². The first-order chi connectivity index (χ1) is 9.08. The minimum absolute atomic E-state index is 0.282. The minimum Gasteiger partial charge on any atom is -0.310 e. The maximum absolute atomic E-state index is 4.44. The Hall–Kier alpha value is -0.430. The van der Waals surface area contributed by atoms with Gasteiger partial charge in [-0.25, -0.2) is 0 Å². The van der Waals surface area contributed by atoms with E-state index in [0.717, 1.165) is 30.7 Å². The Bertz CT molecular complexity index is 419. The standard InChI is InChI=1S/C13H24BrN5/c1-5-19-13(10(14)8-16-19)12(15-2)11-9-17(3)6-7-18(11)4/h8,11-12,15H,5-7,9H2,1-4H3. The second-order valence-corrected chi connectivity index (χ2v) is 6.12. The average Bonchev–Trinajstić information content (AvgIpc) is 2.76. The van der Waals surface area contributed by atoms with E-state index in [2.05, 4.69) is 61.8 Å². The molecule has 0 amide bonds. The Morgan fingerprint density at radius 2 is 2.21 bits per heavy atom. The summed E-state index contributed by atoms with van der Waals surface area (Å²) in [6.45, 7) is 6.34. The van der Waals surface area contributed by atoms with Gasteiger partial charge in [-0.15, -0.1) is 0 Å². The summed E-state index contributed by atoms with van der Waals surface area (Å²) < 4.78 is 3.17. The van der Waals surface area contributed by atoms with Crippen LogP contribution in [0.2, 0.25) is 0 Å². The smallest absolute Gasteiger partial charge is 0.0711 e. The van der Waals surface area contributed by atoms with E-state index in [1.54, 1.807) is 0 Å². The van der Waals surface area contributed by atoms with Crippen molar-refractivity contribution in [3.8, 4) is 0 Å². The van der Waals surface area contributed by atoms with Crippen LogP contribution < -0.4 is 5.32 Å². The van der Waals surface area contributed by atoms with E-state index in [0.29, 0.717) is 6.04 Å². The minimum atomic E-state index is 0.282. The Morgan fingerprint density at radius 3 is 2.84 bits per heavy atom. The molecule has 108 valence electrons. The summed E-state index contributed by atoms with van der Waals surface area (Å²) in [5.74, 6) is 0. The van der Waals surface area contributed by atoms with Crippen molar-refractivity contribution < 1.29 is 0 Å². The SMILES string of the molecule is CCn1ncc(Br)c1C(NC)C1CN(C)CCN1C. The predicted octanol–water partition coefficient (Wildman–Crippen LogP) is 1.17. The molecule has 1 saturated heterocycles. The summed E-state index contributed by atoms with van der Waals surface area (Å²) in [6, 6.07) is 0.742. The molecule has 2 heterocycles. The molecule has 1 fully saturated rings. The molecule has 0 radical (unpaired) electrons. The molecule has 0 saturated carbocycles. The highest BCUT2D eigenvalue weighted by Gasteiger charge is 2.32. The summed E-state index contributed by atoms with van der Waals surface area (Å²) in [5.41, 5.74) is 1.25. The molecule has 0 aromatic carbocycles. The molecule has 2 rings (SSSR count). The summed E-state index contributed by atoms with van der Waals surface area (Å²) in [5, 5.41) is 7.92. The lowest BCUT2D eigenvalue weighted by molar-refractivity contribution is 0.0872. The van der Waals surface area contributed by atoms with Crippen molar-refractivity contribution in [2.45, 2.75) is 25.6 Å². The highest BCUT2D eigenvalue weighted by molar-refractivity contribution is 9.10. The number of hydrogen-bond donors (Lipinski definition) is 1. The number of nitrogens with zero attached hydrogens (tertiary/aromatic N) is 4. The van der Waals surface area contributed by atoms with E-state index in [9.17, 15) is 0 Å². The van der Waals surface area contributed by atoms with Gasteiger partial charge in [0.15, 0.2) is 0 Å². The number of hydrogen-bond acceptors (Lipinski definition) is 4. The molecule has 1 aromatic heterocycles. The van der Waals surface area contributed by atoms with Crippen molar-refractivity contribution >= 4 is 15.9 Å². The van der Waals surface area contributed by atoms with Crippen LogP contribution in [0.4, 0.5) is 0 Å². The van der Waals surface area contributed by atoms with E-state index in [4.69, 9.17) is 0 Å². The van der Waals surface area contributed by atoms with Crippen molar-refractivity contribution in [1.82, 2.24) is 24.9 Å². The number of likely N-dealkylation sites (N-methyl/N-ethyl adjacent to an activating group) is 3. The van der Waals surface area contributed by atoms with Crippen LogP contribution in [0.3, 0.4) is 0 Å². The molecule has 19 heavy (non-hydrogen) atoms. The summed E-state index contributed by atoms with van der Waals surface area (Å²) in [6.07, 6.45) is 1.90. The van der Waals surface area contributed by atoms with Crippen LogP contribution in [0.5, 0.6) is 0 Å². The third-order valence-electron chi connectivity index (χ3n) is 4.02. The van der Waals surface area contributed by atoms with Gasteiger partial charge in [-0.1, -0.05) is 0 Å². The van der Waals surface area contributed by atoms with Gasteiger partial charge in [0.1, 0.15) is 0 Å². The topological polar surface area (TPSA) is 36.3 Å². The molecule has 2 atom stereocenters. The van der Waals surface area contributed by atoms with Gasteiger partial charge < -0.3 is 10.2 Å². The first kappa shape index (κ1) is 15.0. The number of nitrogens with one attached hydrogen (secondary N) is 1. The van der Waals surface area contributed by atoms with E-state index in [-0.39, 0.29) is 6.04 Å². The molecule has 5 nitrogen and oxygen atoms in total. The Balaban J connectivity index is 2.30. The van der Waals surface area contributed by atoms with Crippen LogP contribution in [-0.4, -0.2) is 66.4 Å². The molecule has 1 aliphatic rings. The molecule has 0 aliphatic carbocycles. The van der Waals surface area contributed by atoms with Crippen LogP contribution in [0, 0.1) is 0 Å². The zero-order chi connectivity index (χ0) is 14.0. The normalized spacial score (nSPS) is 23.7. The third-order valence-corrected chi connectivity index (χ3v) is 4.63. The highest BCUT2D eigenvalue weighted by Crippen LogP contribution is 2.28. The fraction of sp³-hybridized carbons (Fsp3) is 0.769. The second-order valence-electron chi connectivity index (χ2n) is 5.27. The van der Waals surface area contributed by atoms with Gasteiger partial charge in [-0.3, -0.25) is 9.58 Å². The monoisotopic (exact) mass is 329 g/mol. The summed E-state index contributed by atoms with van der Waals surface area (Å²) in [4.78, 5) is 4.84. The number of aromatic nitrogens is 2. The van der Waals surface area contributed by atoms with E-state index < -0.39 is 0 Å². The maximum Gasteiger partial charge on any atom is 0.0711 e. The van der Waals surface area contributed by atoms with E-state index >= 15 is 0 Å². The lowest BCUT2D eigenvalue weighted by atomic mass is 10.0. The highest BCUT2D eigenvalue weighted by atomic mass is 79.9. The zero-order valence-corrected chi connectivity index (χ0v) is 13.8. The Labute approximate surface area is 124 Å². The van der Waals surface area contributed by atoms with E-state index in [1.807, 2.05) is 13.2 Å². The van der Waals surface area contributed by atoms with Gasteiger partial charge in [-0.2, -0.15) is 5.10 Å². The van der Waals surface area contributed by atoms with Gasteiger partial charge in [0.05, 0.1) is 22.4 Å². The first-order valence-corrected chi connectivity index (χ1v) is 7.65. The van der Waals surface area contributed by atoms with Gasteiger partial charge in [0, 0.05) is 32.2 Å². The molecule has 0 spiro atoms. The zero-order valence-electron chi connectivity index (χ0n) is 12.2. The molecule has 2 unspecified atom stereocenters. The fourth-order valence-corrected chi connectivity index (χ4v) is 3.39. The van der Waals surface area contributed by atoms with Crippen molar-refractivity contribution in [3.63, 3.8) is 0 Å². The molecular formula is C13H24BrN5. The van der Waals surface area contributed by atoms with Crippen molar-refractivity contribution in [2.75, 3.05) is 40.8 Å². The third kappa shape index (κ3) is 3.02. The predicted molar refractivity (Wildman–Crippen MR) is 81.3 cm³/mol. The first-order valence-electron chi connectivity index (χ1n) is 6.85. The van der Waals surface area contributed by atoms with Gasteiger partial charge in [0.2, 0.25) is 0 Å². The number of piperazine rings is 1. The lowest BCUT2D eigenvalue weighted by Crippen LogP contribution is -2.55. The van der Waals surface area contributed by atoms with Crippen molar-refractivity contribution in [3.05, 3.63) is 16.4 Å². The average molecular weight is 330 g/mol. The maximum atomic E-state index is 4.44. The van der Waals surface area contributed by atoms with Crippen LogP contribution >= 0.6 is 15.9 Å². The molecule has 6 heteroatoms. The largest absolute Gasteiger partial charge is 0.310 e. The number of halogens is 1. The van der Waals surface area contributed by atoms with Gasteiger partial charge in [0.25, 0.3) is 0 Å². The van der Waals surface area contributed by atoms with Gasteiger partial charge in [-0.05, 0) is 44.0 Å². The molecule has 1 aromatic rings. The molecule has 1 aliphatic heterocycles. The molecule has 1 N–H and O–H groups in total. The van der Waals surface area contributed by atoms with Crippen molar-refractivity contribution in [1.29, 1.82) is 0 Å². The van der Waals surface area contributed by atoms with Crippen molar-refractivity contribution in [2.24, 2.45) is 0 Å². The quantitative estimate of drug-likeness (QED) is 0.899. The van der Waals surface area contributed by atoms with Crippen LogP contribution in [-0.2, 0) is 6.54 Å². The Morgan fingerprint density at radius 1 is 1.47 bits per heavy atom. The molecule has 0 bridgehead atoms. The second kappa shape index (κ2) is 6.35. The summed E-state index contributed by atoms with van der Waals surface area (Å²) in [7, 11) is 6.44. The lowest BCUT2D eigenvalue weighted by Gasteiger charge is -2.42. The Kier molecular flexibility index (Phi) is 5.00. The summed E-state index contributed by atoms with van der Waals surface area (Å²) >= 11 is 3.65. The van der Waals surface area contributed by atoms with Crippen LogP contribution in [0.25, 0.3) is 0 Å². The van der Waals surface area contributed by atoms with Gasteiger partial charge >= 0.3 is 0 Å². The van der Waals surface area contributed by atoms with E-state index in [1.165, 1.54) is 5.69 Å². The number of aryl methyl sites for hydroxylation is 1. The number of rotatable bonds is 4. The van der Waals surface area contributed by atoms with Crippen LogP contribution in [0.15, 0.2) is 10.7 Å². The molecular weight excluding hydrogens is 306 g/mol.